The second kappa shape index (κ2) is 4.94. The number of aromatic nitrogens is 1. The van der Waals surface area contributed by atoms with Crippen molar-refractivity contribution < 1.29 is 9.53 Å². The SMILES string of the molecule is O=Cc1cn(CCC2CCCO2)c2ccccc12. The predicted molar refractivity (Wildman–Crippen MR) is 70.9 cm³/mol. The molecule has 3 heteroatoms. The largest absolute Gasteiger partial charge is 0.378 e. The van der Waals surface area contributed by atoms with Gasteiger partial charge in [0.05, 0.1) is 6.10 Å². The second-order valence-corrected chi connectivity index (χ2v) is 4.84. The molecule has 94 valence electrons. The normalized spacial score (nSPS) is 19.4. The van der Waals surface area contributed by atoms with Gasteiger partial charge in [-0.25, -0.2) is 0 Å². The van der Waals surface area contributed by atoms with E-state index >= 15 is 0 Å². The van der Waals surface area contributed by atoms with Gasteiger partial charge in [-0.3, -0.25) is 4.79 Å². The molecular formula is C15H17NO2. The lowest BCUT2D eigenvalue weighted by molar-refractivity contribution is 0.101. The number of hydrogen-bond donors (Lipinski definition) is 0. The molecule has 1 aromatic heterocycles. The quantitative estimate of drug-likeness (QED) is 0.773. The molecule has 0 aliphatic carbocycles. The number of hydrogen-bond acceptors (Lipinski definition) is 2. The van der Waals surface area contributed by atoms with E-state index in [2.05, 4.69) is 10.6 Å². The Morgan fingerprint density at radius 3 is 3.06 bits per heavy atom. The van der Waals surface area contributed by atoms with Gasteiger partial charge >= 0.3 is 0 Å². The van der Waals surface area contributed by atoms with Gasteiger partial charge in [0.15, 0.2) is 6.29 Å². The van der Waals surface area contributed by atoms with Crippen LogP contribution in [0.3, 0.4) is 0 Å². The second-order valence-electron chi connectivity index (χ2n) is 4.84. The third kappa shape index (κ3) is 2.06. The van der Waals surface area contributed by atoms with Crippen molar-refractivity contribution in [3.05, 3.63) is 36.0 Å². The molecule has 18 heavy (non-hydrogen) atoms. The van der Waals surface area contributed by atoms with Crippen LogP contribution in [0.2, 0.25) is 0 Å². The van der Waals surface area contributed by atoms with E-state index in [1.807, 2.05) is 24.4 Å². The summed E-state index contributed by atoms with van der Waals surface area (Å²) < 4.78 is 7.80. The zero-order chi connectivity index (χ0) is 12.4. The summed E-state index contributed by atoms with van der Waals surface area (Å²) in [5.74, 6) is 0. The lowest BCUT2D eigenvalue weighted by atomic mass is 10.2. The van der Waals surface area contributed by atoms with Crippen LogP contribution in [0.5, 0.6) is 0 Å². The Bertz CT molecular complexity index is 553. The third-order valence-electron chi connectivity index (χ3n) is 3.66. The first-order valence-electron chi connectivity index (χ1n) is 6.53. The van der Waals surface area contributed by atoms with E-state index in [1.165, 1.54) is 12.8 Å². The number of fused-ring (bicyclic) bond motifs is 1. The Hall–Kier alpha value is -1.61. The maximum absolute atomic E-state index is 11.1. The molecule has 0 bridgehead atoms. The molecule has 1 fully saturated rings. The van der Waals surface area contributed by atoms with Gasteiger partial charge in [0.2, 0.25) is 0 Å². The molecule has 1 aliphatic heterocycles. The van der Waals surface area contributed by atoms with Gasteiger partial charge in [-0.15, -0.1) is 0 Å². The standard InChI is InChI=1S/C15H17NO2/c17-11-12-10-16(8-7-13-4-3-9-18-13)15-6-2-1-5-14(12)15/h1-2,5-6,10-11,13H,3-4,7-9H2. The number of aldehydes is 1. The van der Waals surface area contributed by atoms with E-state index in [0.717, 1.165) is 42.3 Å². The lowest BCUT2D eigenvalue weighted by Gasteiger charge is -2.10. The molecular weight excluding hydrogens is 226 g/mol. The van der Waals surface area contributed by atoms with E-state index in [9.17, 15) is 4.79 Å². The van der Waals surface area contributed by atoms with E-state index in [0.29, 0.717) is 6.10 Å². The summed E-state index contributed by atoms with van der Waals surface area (Å²) in [6.07, 6.45) is 6.65. The zero-order valence-electron chi connectivity index (χ0n) is 10.3. The van der Waals surface area contributed by atoms with Crippen LogP contribution in [0.4, 0.5) is 0 Å². The summed E-state index contributed by atoms with van der Waals surface area (Å²) in [6, 6.07) is 8.05. The topological polar surface area (TPSA) is 31.2 Å². The van der Waals surface area contributed by atoms with E-state index in [4.69, 9.17) is 4.74 Å². The average Bonchev–Trinajstić information content (AvgIpc) is 3.04. The summed E-state index contributed by atoms with van der Waals surface area (Å²) in [4.78, 5) is 11.1. The van der Waals surface area contributed by atoms with Gasteiger partial charge in [-0.05, 0) is 25.3 Å². The van der Waals surface area contributed by atoms with Crippen LogP contribution in [-0.2, 0) is 11.3 Å². The Kier molecular flexibility index (Phi) is 3.15. The molecule has 2 aromatic rings. The maximum Gasteiger partial charge on any atom is 0.152 e. The van der Waals surface area contributed by atoms with Crippen molar-refractivity contribution in [2.45, 2.75) is 31.9 Å². The van der Waals surface area contributed by atoms with Crippen LogP contribution in [0.15, 0.2) is 30.5 Å². The van der Waals surface area contributed by atoms with Crippen LogP contribution in [0.1, 0.15) is 29.6 Å². The third-order valence-corrected chi connectivity index (χ3v) is 3.66. The highest BCUT2D eigenvalue weighted by molar-refractivity contribution is 5.97. The minimum absolute atomic E-state index is 0.394. The number of rotatable bonds is 4. The average molecular weight is 243 g/mol. The molecule has 0 saturated carbocycles. The minimum Gasteiger partial charge on any atom is -0.378 e. The van der Waals surface area contributed by atoms with Crippen molar-refractivity contribution in [1.29, 1.82) is 0 Å². The summed E-state index contributed by atoms with van der Waals surface area (Å²) in [5.41, 5.74) is 1.91. The molecule has 0 spiro atoms. The number of benzene rings is 1. The molecule has 1 aliphatic rings. The fourth-order valence-corrected chi connectivity index (χ4v) is 2.71. The molecule has 3 nitrogen and oxygen atoms in total. The number of aryl methyl sites for hydroxylation is 1. The molecule has 0 N–H and O–H groups in total. The lowest BCUT2D eigenvalue weighted by Crippen LogP contribution is -2.09. The summed E-state index contributed by atoms with van der Waals surface area (Å²) >= 11 is 0. The highest BCUT2D eigenvalue weighted by atomic mass is 16.5. The number of carbonyl (C=O) groups excluding carboxylic acids is 1. The van der Waals surface area contributed by atoms with Crippen molar-refractivity contribution in [1.82, 2.24) is 4.57 Å². The van der Waals surface area contributed by atoms with Crippen LogP contribution >= 0.6 is 0 Å². The van der Waals surface area contributed by atoms with E-state index in [1.54, 1.807) is 0 Å². The smallest absolute Gasteiger partial charge is 0.152 e. The van der Waals surface area contributed by atoms with Gasteiger partial charge < -0.3 is 9.30 Å². The van der Waals surface area contributed by atoms with Crippen molar-refractivity contribution in [3.63, 3.8) is 0 Å². The summed E-state index contributed by atoms with van der Waals surface area (Å²) in [6.45, 7) is 1.82. The van der Waals surface area contributed by atoms with Crippen molar-refractivity contribution in [2.75, 3.05) is 6.61 Å². The molecule has 1 unspecified atom stereocenters. The van der Waals surface area contributed by atoms with Gasteiger partial charge in [-0.1, -0.05) is 18.2 Å². The Morgan fingerprint density at radius 1 is 1.39 bits per heavy atom. The van der Waals surface area contributed by atoms with Gasteiger partial charge in [0.1, 0.15) is 0 Å². The molecule has 1 aromatic carbocycles. The van der Waals surface area contributed by atoms with Crippen LogP contribution in [-0.4, -0.2) is 23.6 Å². The highest BCUT2D eigenvalue weighted by Gasteiger charge is 2.16. The Morgan fingerprint density at radius 2 is 2.28 bits per heavy atom. The summed E-state index contributed by atoms with van der Waals surface area (Å²) in [5, 5.41) is 1.04. The molecule has 1 saturated heterocycles. The van der Waals surface area contributed by atoms with E-state index < -0.39 is 0 Å². The predicted octanol–water partition coefficient (Wildman–Crippen LogP) is 3.02. The molecule has 1 atom stereocenters. The molecule has 2 heterocycles. The maximum atomic E-state index is 11.1. The number of ether oxygens (including phenoxy) is 1. The summed E-state index contributed by atoms with van der Waals surface area (Å²) in [7, 11) is 0. The highest BCUT2D eigenvalue weighted by Crippen LogP contribution is 2.22. The fourth-order valence-electron chi connectivity index (χ4n) is 2.71. The molecule has 0 amide bonds. The Balaban J connectivity index is 1.84. The minimum atomic E-state index is 0.394. The molecule has 3 rings (SSSR count). The van der Waals surface area contributed by atoms with Gasteiger partial charge in [-0.2, -0.15) is 0 Å². The van der Waals surface area contributed by atoms with Gasteiger partial charge in [0.25, 0.3) is 0 Å². The number of carbonyl (C=O) groups is 1. The van der Waals surface area contributed by atoms with Crippen LogP contribution in [0.25, 0.3) is 10.9 Å². The monoisotopic (exact) mass is 243 g/mol. The van der Waals surface area contributed by atoms with Gasteiger partial charge in [0, 0.05) is 35.8 Å². The number of para-hydroxylation sites is 1. The van der Waals surface area contributed by atoms with Crippen LogP contribution in [0, 0.1) is 0 Å². The first-order chi connectivity index (χ1) is 8.88. The number of nitrogens with zero attached hydrogens (tertiary/aromatic N) is 1. The van der Waals surface area contributed by atoms with Crippen LogP contribution < -0.4 is 0 Å². The molecule has 0 radical (unpaired) electrons. The first-order valence-corrected chi connectivity index (χ1v) is 6.53. The Labute approximate surface area is 106 Å². The first kappa shape index (κ1) is 11.5. The van der Waals surface area contributed by atoms with E-state index in [-0.39, 0.29) is 0 Å². The van der Waals surface area contributed by atoms with Crippen molar-refractivity contribution in [2.24, 2.45) is 0 Å². The van der Waals surface area contributed by atoms with Crippen molar-refractivity contribution in [3.8, 4) is 0 Å². The fraction of sp³-hybridized carbons (Fsp3) is 0.400. The zero-order valence-corrected chi connectivity index (χ0v) is 10.3. The van der Waals surface area contributed by atoms with Crippen molar-refractivity contribution >= 4 is 17.2 Å².